The van der Waals surface area contributed by atoms with Gasteiger partial charge < -0.3 is 26.5 Å². The molecule has 0 aliphatic rings. The average molecular weight is 365 g/mol. The molecule has 0 aliphatic carbocycles. The number of hydrogen-bond donors (Lipinski definition) is 4. The number of nitrogens with one attached hydrogen (secondary N) is 3. The highest BCUT2D eigenvalue weighted by atomic mass is 32.1. The van der Waals surface area contributed by atoms with Crippen LogP contribution in [-0.2, 0) is 14.3 Å². The molecule has 1 amide bonds. The van der Waals surface area contributed by atoms with Gasteiger partial charge in [-0.05, 0) is 43.8 Å². The first-order valence-corrected chi connectivity index (χ1v) is 8.21. The predicted octanol–water partition coefficient (Wildman–Crippen LogP) is 0.724. The van der Waals surface area contributed by atoms with Crippen molar-refractivity contribution in [3.63, 3.8) is 0 Å². The zero-order chi connectivity index (χ0) is 18.7. The molecule has 136 valence electrons. The first-order valence-electron chi connectivity index (χ1n) is 7.80. The van der Waals surface area contributed by atoms with Crippen LogP contribution in [0.25, 0.3) is 0 Å². The summed E-state index contributed by atoms with van der Waals surface area (Å²) in [7, 11) is 0. The maximum Gasteiger partial charge on any atom is 0.328 e. The summed E-state index contributed by atoms with van der Waals surface area (Å²) in [5.41, 5.74) is 1.67. The number of benzene rings is 1. The summed E-state index contributed by atoms with van der Waals surface area (Å²) in [6, 6.07) is 6.67. The number of carbonyl (C=O) groups excluding carboxylic acids is 2. The van der Waals surface area contributed by atoms with E-state index in [0.29, 0.717) is 11.7 Å². The number of nitrogens with two attached hydrogens (primary N) is 1. The van der Waals surface area contributed by atoms with Gasteiger partial charge in [0.1, 0.15) is 6.04 Å². The fourth-order valence-electron chi connectivity index (χ4n) is 1.84. The van der Waals surface area contributed by atoms with Gasteiger partial charge in [0.05, 0.1) is 12.8 Å². The molecule has 0 bridgehead atoms. The van der Waals surface area contributed by atoms with Crippen molar-refractivity contribution in [3.8, 4) is 0 Å². The lowest BCUT2D eigenvalue weighted by atomic mass is 10.2. The number of ether oxygens (including phenoxy) is 1. The molecule has 0 saturated carbocycles. The second kappa shape index (κ2) is 11.0. The van der Waals surface area contributed by atoms with Gasteiger partial charge in [0.25, 0.3) is 0 Å². The third-order valence-corrected chi connectivity index (χ3v) is 3.29. The molecule has 1 unspecified atom stereocenters. The van der Waals surface area contributed by atoms with Crippen molar-refractivity contribution in [2.24, 2.45) is 10.9 Å². The van der Waals surface area contributed by atoms with Gasteiger partial charge in [-0.2, -0.15) is 5.10 Å². The van der Waals surface area contributed by atoms with Gasteiger partial charge in [-0.3, -0.25) is 4.79 Å². The number of rotatable bonds is 8. The maximum absolute atomic E-state index is 11.8. The molecule has 0 aliphatic heterocycles. The Balaban J connectivity index is 2.29. The Morgan fingerprint density at radius 2 is 2.04 bits per heavy atom. The topological polar surface area (TPSA) is 118 Å². The normalized spacial score (nSPS) is 11.6. The summed E-state index contributed by atoms with van der Waals surface area (Å²) in [5.74, 6) is 4.37. The SMILES string of the molecule is CCOC(=O)C(C)NC(=O)CCNC(=S)Nc1ccc(C=NN)cc1. The smallest absolute Gasteiger partial charge is 0.328 e. The first kappa shape index (κ1) is 20.4. The number of thiocarbonyl (C=S) groups is 1. The number of anilines is 1. The van der Waals surface area contributed by atoms with E-state index >= 15 is 0 Å². The molecule has 1 rings (SSSR count). The summed E-state index contributed by atoms with van der Waals surface area (Å²) >= 11 is 5.16. The van der Waals surface area contributed by atoms with E-state index in [-0.39, 0.29) is 18.9 Å². The van der Waals surface area contributed by atoms with Crippen LogP contribution < -0.4 is 21.8 Å². The zero-order valence-electron chi connectivity index (χ0n) is 14.2. The zero-order valence-corrected chi connectivity index (χ0v) is 15.1. The van der Waals surface area contributed by atoms with Crippen molar-refractivity contribution in [3.05, 3.63) is 29.8 Å². The second-order valence-electron chi connectivity index (χ2n) is 5.07. The third kappa shape index (κ3) is 8.11. The van der Waals surface area contributed by atoms with Crippen molar-refractivity contribution >= 4 is 41.1 Å². The number of hydrogen-bond acceptors (Lipinski definition) is 6. The Morgan fingerprint density at radius 1 is 1.36 bits per heavy atom. The third-order valence-electron chi connectivity index (χ3n) is 3.05. The highest BCUT2D eigenvalue weighted by Crippen LogP contribution is 2.07. The summed E-state index contributed by atoms with van der Waals surface area (Å²) in [4.78, 5) is 23.2. The molecule has 25 heavy (non-hydrogen) atoms. The van der Waals surface area contributed by atoms with Crippen molar-refractivity contribution in [1.29, 1.82) is 0 Å². The van der Waals surface area contributed by atoms with E-state index in [4.69, 9.17) is 22.8 Å². The molecule has 0 spiro atoms. The van der Waals surface area contributed by atoms with Crippen LogP contribution in [0.4, 0.5) is 5.69 Å². The molecule has 1 atom stereocenters. The molecule has 1 aromatic carbocycles. The number of hydrazone groups is 1. The van der Waals surface area contributed by atoms with Gasteiger partial charge in [0.2, 0.25) is 5.91 Å². The molecule has 0 fully saturated rings. The summed E-state index contributed by atoms with van der Waals surface area (Å²) in [6.07, 6.45) is 1.72. The second-order valence-corrected chi connectivity index (χ2v) is 5.48. The fraction of sp³-hybridized carbons (Fsp3) is 0.375. The van der Waals surface area contributed by atoms with Crippen LogP contribution in [0.1, 0.15) is 25.8 Å². The van der Waals surface area contributed by atoms with Crippen LogP contribution in [0.2, 0.25) is 0 Å². The monoisotopic (exact) mass is 365 g/mol. The van der Waals surface area contributed by atoms with Gasteiger partial charge in [-0.15, -0.1) is 0 Å². The minimum Gasteiger partial charge on any atom is -0.464 e. The van der Waals surface area contributed by atoms with E-state index in [1.807, 2.05) is 24.3 Å². The van der Waals surface area contributed by atoms with E-state index in [9.17, 15) is 9.59 Å². The van der Waals surface area contributed by atoms with E-state index in [1.165, 1.54) is 6.21 Å². The number of carbonyl (C=O) groups is 2. The Labute approximate surface area is 152 Å². The van der Waals surface area contributed by atoms with Crippen LogP contribution >= 0.6 is 12.2 Å². The van der Waals surface area contributed by atoms with Crippen molar-refractivity contribution < 1.29 is 14.3 Å². The standard InChI is InChI=1S/C16H23N5O3S/c1-3-24-15(23)11(2)20-14(22)8-9-18-16(25)21-13-6-4-12(5-7-13)10-19-17/h4-7,10-11H,3,8-9,17H2,1-2H3,(H,20,22)(H2,18,21,25). The number of esters is 1. The first-order chi connectivity index (χ1) is 12.0. The highest BCUT2D eigenvalue weighted by molar-refractivity contribution is 7.80. The summed E-state index contributed by atoms with van der Waals surface area (Å²) in [6.45, 7) is 3.91. The predicted molar refractivity (Wildman–Crippen MR) is 101 cm³/mol. The van der Waals surface area contributed by atoms with Crippen LogP contribution in [0.5, 0.6) is 0 Å². The summed E-state index contributed by atoms with van der Waals surface area (Å²) < 4.78 is 4.82. The minimum atomic E-state index is -0.673. The Bertz CT molecular complexity index is 619. The molecule has 0 aromatic heterocycles. The molecule has 0 saturated heterocycles. The van der Waals surface area contributed by atoms with Crippen molar-refractivity contribution in [1.82, 2.24) is 10.6 Å². The molecular formula is C16H23N5O3S. The Hall–Kier alpha value is -2.68. The molecule has 8 nitrogen and oxygen atoms in total. The average Bonchev–Trinajstić information content (AvgIpc) is 2.57. The van der Waals surface area contributed by atoms with Gasteiger partial charge in [0.15, 0.2) is 5.11 Å². The molecule has 5 N–H and O–H groups in total. The molecular weight excluding hydrogens is 342 g/mol. The van der Waals surface area contributed by atoms with Crippen LogP contribution in [0.3, 0.4) is 0 Å². The molecule has 9 heteroatoms. The highest BCUT2D eigenvalue weighted by Gasteiger charge is 2.16. The molecule has 0 heterocycles. The Morgan fingerprint density at radius 3 is 2.64 bits per heavy atom. The largest absolute Gasteiger partial charge is 0.464 e. The van der Waals surface area contributed by atoms with E-state index in [2.05, 4.69) is 21.1 Å². The minimum absolute atomic E-state index is 0.178. The van der Waals surface area contributed by atoms with E-state index in [0.717, 1.165) is 11.3 Å². The fourth-order valence-corrected chi connectivity index (χ4v) is 2.06. The van der Waals surface area contributed by atoms with Crippen LogP contribution in [0.15, 0.2) is 29.4 Å². The Kier molecular flexibility index (Phi) is 8.94. The maximum atomic E-state index is 11.8. The lowest BCUT2D eigenvalue weighted by Crippen LogP contribution is -2.41. The quantitative estimate of drug-likeness (QED) is 0.176. The van der Waals surface area contributed by atoms with Crippen LogP contribution in [-0.4, -0.2) is 42.4 Å². The summed E-state index contributed by atoms with van der Waals surface area (Å²) in [5, 5.41) is 12.3. The van der Waals surface area contributed by atoms with Gasteiger partial charge in [-0.1, -0.05) is 12.1 Å². The lowest BCUT2D eigenvalue weighted by Gasteiger charge is -2.13. The van der Waals surface area contributed by atoms with Gasteiger partial charge in [0, 0.05) is 18.7 Å². The molecule has 0 radical (unpaired) electrons. The molecule has 1 aromatic rings. The number of amides is 1. The van der Waals surface area contributed by atoms with Gasteiger partial charge in [-0.25, -0.2) is 4.79 Å². The van der Waals surface area contributed by atoms with E-state index < -0.39 is 12.0 Å². The van der Waals surface area contributed by atoms with Crippen molar-refractivity contribution in [2.45, 2.75) is 26.3 Å². The number of nitrogens with zero attached hydrogens (tertiary/aromatic N) is 1. The lowest BCUT2D eigenvalue weighted by molar-refractivity contribution is -0.146. The van der Waals surface area contributed by atoms with E-state index in [1.54, 1.807) is 13.8 Å². The van der Waals surface area contributed by atoms with Crippen molar-refractivity contribution in [2.75, 3.05) is 18.5 Å². The van der Waals surface area contributed by atoms with Gasteiger partial charge >= 0.3 is 5.97 Å². The van der Waals surface area contributed by atoms with Crippen LogP contribution in [0, 0.1) is 0 Å².